The number of carbonyl (C=O) groups excluding carboxylic acids is 3. The van der Waals surface area contributed by atoms with Crippen LogP contribution in [0.2, 0.25) is 0 Å². The zero-order valence-corrected chi connectivity index (χ0v) is 21.0. The molecule has 13 heteroatoms. The van der Waals surface area contributed by atoms with Crippen molar-refractivity contribution in [3.63, 3.8) is 0 Å². The van der Waals surface area contributed by atoms with Crippen LogP contribution in [0.5, 0.6) is 5.75 Å². The number of nitrogens with two attached hydrogens (primary N) is 2. The number of hydrazone groups is 1. The summed E-state index contributed by atoms with van der Waals surface area (Å²) in [6.07, 6.45) is 2.98. The standard InChI is InChI=1S/C25H33N9O4/c1-30-17-7-9-19(21(12-17)23(28)33-34-29)24(37)31-10-2-3-18(14-35)32-25(38)20-8-5-15(11-22(20)36)4-6-16(27)13-26/h5,7-9,11-14,18,26-27,30,34,36H,2-4,6,10,29H2,1H3,(H2,28,33)(H,31,37)(H,32,38). The van der Waals surface area contributed by atoms with Crippen molar-refractivity contribution < 1.29 is 19.5 Å². The van der Waals surface area contributed by atoms with E-state index in [1.807, 2.05) is 0 Å². The molecule has 0 spiro atoms. The predicted octanol–water partition coefficient (Wildman–Crippen LogP) is 0.627. The van der Waals surface area contributed by atoms with E-state index in [1.165, 1.54) is 12.1 Å². The minimum absolute atomic E-state index is 0.0137. The van der Waals surface area contributed by atoms with Gasteiger partial charge in [-0.3, -0.25) is 9.59 Å². The van der Waals surface area contributed by atoms with E-state index in [2.05, 4.69) is 26.6 Å². The van der Waals surface area contributed by atoms with Gasteiger partial charge in [-0.1, -0.05) is 6.07 Å². The first kappa shape index (κ1) is 29.5. The molecule has 2 aromatic rings. The first-order chi connectivity index (χ1) is 18.2. The van der Waals surface area contributed by atoms with Crippen molar-refractivity contribution in [2.24, 2.45) is 16.7 Å². The number of amides is 2. The summed E-state index contributed by atoms with van der Waals surface area (Å²) in [4.78, 5) is 36.8. The second kappa shape index (κ2) is 14.7. The number of phenolic OH excluding ortho intramolecular Hbond substituents is 1. The first-order valence-electron chi connectivity index (χ1n) is 11.8. The van der Waals surface area contributed by atoms with Gasteiger partial charge in [-0.25, -0.2) is 11.4 Å². The molecule has 2 aromatic carbocycles. The molecule has 1 atom stereocenters. The second-order valence-corrected chi connectivity index (χ2v) is 8.27. The number of hydrazine groups is 1. The molecule has 0 aliphatic carbocycles. The van der Waals surface area contributed by atoms with Crippen LogP contribution in [-0.4, -0.2) is 60.6 Å². The minimum atomic E-state index is -0.824. The van der Waals surface area contributed by atoms with Gasteiger partial charge in [0.05, 0.1) is 17.2 Å². The molecule has 202 valence electrons. The fourth-order valence-electron chi connectivity index (χ4n) is 3.55. The summed E-state index contributed by atoms with van der Waals surface area (Å²) in [5, 5.41) is 36.8. The number of aromatic hydroxyl groups is 1. The summed E-state index contributed by atoms with van der Waals surface area (Å²) in [5.74, 6) is 3.97. The van der Waals surface area contributed by atoms with Gasteiger partial charge in [-0.05, 0) is 61.6 Å². The van der Waals surface area contributed by atoms with Crippen LogP contribution >= 0.6 is 0 Å². The molecule has 0 saturated heterocycles. The third kappa shape index (κ3) is 8.41. The molecule has 0 heterocycles. The van der Waals surface area contributed by atoms with Crippen LogP contribution in [-0.2, 0) is 11.2 Å². The molecule has 1 unspecified atom stereocenters. The lowest BCUT2D eigenvalue weighted by Crippen LogP contribution is -2.37. The normalized spacial score (nSPS) is 11.7. The number of aldehydes is 1. The number of hydrogen-bond donors (Lipinski definition) is 9. The van der Waals surface area contributed by atoms with Crippen LogP contribution in [0.15, 0.2) is 41.5 Å². The highest BCUT2D eigenvalue weighted by molar-refractivity contribution is 6.27. The predicted molar refractivity (Wildman–Crippen MR) is 146 cm³/mol. The van der Waals surface area contributed by atoms with E-state index in [4.69, 9.17) is 22.4 Å². The van der Waals surface area contributed by atoms with E-state index in [9.17, 15) is 19.5 Å². The molecular weight excluding hydrogens is 490 g/mol. The molecule has 0 saturated carbocycles. The Labute approximate surface area is 220 Å². The number of rotatable bonds is 15. The number of nitrogens with zero attached hydrogens (tertiary/aromatic N) is 1. The summed E-state index contributed by atoms with van der Waals surface area (Å²) in [6, 6.07) is 8.67. The summed E-state index contributed by atoms with van der Waals surface area (Å²) in [6.45, 7) is 0.225. The van der Waals surface area contributed by atoms with Crippen molar-refractivity contribution in [1.82, 2.24) is 16.2 Å². The maximum absolute atomic E-state index is 12.7. The summed E-state index contributed by atoms with van der Waals surface area (Å²) < 4.78 is 0. The summed E-state index contributed by atoms with van der Waals surface area (Å²) in [5.41, 5.74) is 10.3. The SMILES string of the molecule is CNc1ccc(C(=O)NCCCC(C=O)NC(=O)c2ccc(CCC(=N)C=N)cc2O)c(/C(N)=N/NN)c1. The van der Waals surface area contributed by atoms with Gasteiger partial charge >= 0.3 is 0 Å². The number of anilines is 1. The van der Waals surface area contributed by atoms with Crippen LogP contribution in [0.4, 0.5) is 5.69 Å². The third-order valence-electron chi connectivity index (χ3n) is 5.64. The number of carbonyl (C=O) groups is 3. The van der Waals surface area contributed by atoms with Crippen molar-refractivity contribution in [3.05, 3.63) is 58.7 Å². The second-order valence-electron chi connectivity index (χ2n) is 8.27. The van der Waals surface area contributed by atoms with Gasteiger partial charge in [-0.2, -0.15) is 0 Å². The lowest BCUT2D eigenvalue weighted by atomic mass is 10.0. The Morgan fingerprint density at radius 3 is 2.50 bits per heavy atom. The maximum atomic E-state index is 12.7. The molecule has 0 fully saturated rings. The lowest BCUT2D eigenvalue weighted by Gasteiger charge is -2.15. The lowest BCUT2D eigenvalue weighted by molar-refractivity contribution is -0.109. The average molecular weight is 524 g/mol. The fraction of sp³-hybridized carbons (Fsp3) is 0.280. The Kier molecular flexibility index (Phi) is 11.4. The van der Waals surface area contributed by atoms with Crippen LogP contribution in [0.1, 0.15) is 51.1 Å². The van der Waals surface area contributed by atoms with Crippen molar-refractivity contribution in [1.29, 1.82) is 10.8 Å². The van der Waals surface area contributed by atoms with Crippen LogP contribution in [0.3, 0.4) is 0 Å². The highest BCUT2D eigenvalue weighted by Crippen LogP contribution is 2.20. The van der Waals surface area contributed by atoms with Gasteiger partial charge < -0.3 is 42.4 Å². The van der Waals surface area contributed by atoms with Gasteiger partial charge in [0, 0.05) is 36.8 Å². The number of nitrogens with one attached hydrogen (secondary N) is 6. The van der Waals surface area contributed by atoms with Crippen molar-refractivity contribution in [2.45, 2.75) is 31.7 Å². The van der Waals surface area contributed by atoms with Gasteiger partial charge in [0.15, 0.2) is 5.84 Å². The Morgan fingerprint density at radius 1 is 1.13 bits per heavy atom. The Bertz CT molecular complexity index is 1210. The Hall–Kier alpha value is -4.78. The van der Waals surface area contributed by atoms with Crippen LogP contribution in [0.25, 0.3) is 0 Å². The monoisotopic (exact) mass is 523 g/mol. The molecule has 0 radical (unpaired) electrons. The van der Waals surface area contributed by atoms with Gasteiger partial charge in [0.1, 0.15) is 12.0 Å². The van der Waals surface area contributed by atoms with Crippen molar-refractivity contribution in [3.8, 4) is 5.75 Å². The number of aryl methyl sites for hydroxylation is 1. The summed E-state index contributed by atoms with van der Waals surface area (Å²) >= 11 is 0. The van der Waals surface area contributed by atoms with Crippen molar-refractivity contribution >= 4 is 41.5 Å². The molecule has 13 nitrogen and oxygen atoms in total. The average Bonchev–Trinajstić information content (AvgIpc) is 2.92. The molecule has 2 rings (SSSR count). The molecule has 0 aromatic heterocycles. The van der Waals surface area contributed by atoms with E-state index in [1.54, 1.807) is 31.3 Å². The Morgan fingerprint density at radius 2 is 1.87 bits per heavy atom. The largest absolute Gasteiger partial charge is 0.507 e. The smallest absolute Gasteiger partial charge is 0.255 e. The number of hydrogen-bond acceptors (Lipinski definition) is 10. The molecular formula is C25H33N9O4. The first-order valence-corrected chi connectivity index (χ1v) is 11.8. The number of amidine groups is 1. The highest BCUT2D eigenvalue weighted by atomic mass is 16.3. The minimum Gasteiger partial charge on any atom is -0.507 e. The number of phenols is 1. The van der Waals surface area contributed by atoms with Gasteiger partial charge in [0.25, 0.3) is 11.8 Å². The van der Waals surface area contributed by atoms with Crippen molar-refractivity contribution in [2.75, 3.05) is 18.9 Å². The fourth-order valence-corrected chi connectivity index (χ4v) is 3.55. The Balaban J connectivity index is 1.92. The summed E-state index contributed by atoms with van der Waals surface area (Å²) in [7, 11) is 1.72. The van der Waals surface area contributed by atoms with Gasteiger partial charge in [0.2, 0.25) is 0 Å². The number of benzene rings is 2. The van der Waals surface area contributed by atoms with E-state index in [0.717, 1.165) is 11.9 Å². The molecule has 0 aliphatic heterocycles. The molecule has 38 heavy (non-hydrogen) atoms. The molecule has 0 bridgehead atoms. The topological polar surface area (TPSA) is 232 Å². The zero-order chi connectivity index (χ0) is 28.1. The molecule has 2 amide bonds. The van der Waals surface area contributed by atoms with E-state index < -0.39 is 17.9 Å². The highest BCUT2D eigenvalue weighted by Gasteiger charge is 2.18. The van der Waals surface area contributed by atoms with E-state index in [0.29, 0.717) is 36.7 Å². The van der Waals surface area contributed by atoms with E-state index in [-0.39, 0.29) is 41.4 Å². The third-order valence-corrected chi connectivity index (χ3v) is 5.64. The van der Waals surface area contributed by atoms with Crippen LogP contribution < -0.4 is 33.1 Å². The van der Waals surface area contributed by atoms with Gasteiger partial charge in [-0.15, -0.1) is 5.10 Å². The quantitative estimate of drug-likeness (QED) is 0.0400. The zero-order valence-electron chi connectivity index (χ0n) is 21.0. The maximum Gasteiger partial charge on any atom is 0.255 e. The molecule has 0 aliphatic rings. The molecule has 11 N–H and O–H groups in total. The van der Waals surface area contributed by atoms with Crippen LogP contribution in [0, 0.1) is 10.8 Å². The van der Waals surface area contributed by atoms with E-state index >= 15 is 0 Å².